The number of carbonyl (C=O) groups is 1. The van der Waals surface area contributed by atoms with Gasteiger partial charge in [0.1, 0.15) is 0 Å². The van der Waals surface area contributed by atoms with Crippen molar-refractivity contribution in [2.45, 2.75) is 26.9 Å². The molecule has 3 heteroatoms. The fraction of sp³-hybridized carbons (Fsp3) is 0.875. The summed E-state index contributed by atoms with van der Waals surface area (Å²) < 4.78 is 5.27. The van der Waals surface area contributed by atoms with Crippen LogP contribution >= 0.6 is 0 Å². The number of nitrogens with one attached hydrogen (secondary N) is 1. The summed E-state index contributed by atoms with van der Waals surface area (Å²) in [6.07, 6.45) is 0.196. The molecule has 0 rings (SSSR count). The van der Waals surface area contributed by atoms with Gasteiger partial charge in [0.05, 0.1) is 18.6 Å². The molecule has 1 amide bonds. The molecule has 0 aromatic heterocycles. The van der Waals surface area contributed by atoms with E-state index in [4.69, 9.17) is 4.74 Å². The molecule has 3 nitrogen and oxygen atoms in total. The molecule has 0 aliphatic rings. The van der Waals surface area contributed by atoms with Crippen molar-refractivity contribution in [2.75, 3.05) is 13.7 Å². The molecule has 0 saturated heterocycles. The predicted molar refractivity (Wildman–Crippen MR) is 44.3 cm³/mol. The summed E-state index contributed by atoms with van der Waals surface area (Å²) in [7, 11) is 1.63. The summed E-state index contributed by atoms with van der Waals surface area (Å²) in [5.74, 6) is -0.0203. The lowest BCUT2D eigenvalue weighted by atomic mass is 10.2. The molecule has 66 valence electrons. The molecule has 0 heterocycles. The number of ether oxygens (including phenoxy) is 1. The van der Waals surface area contributed by atoms with Crippen LogP contribution in [0.15, 0.2) is 0 Å². The Hall–Kier alpha value is -0.570. The smallest absolute Gasteiger partial charge is 0.224 e. The highest BCUT2D eigenvalue weighted by atomic mass is 16.5. The van der Waals surface area contributed by atoms with Gasteiger partial charge in [0.15, 0.2) is 0 Å². The minimum absolute atomic E-state index is 0.0330. The van der Waals surface area contributed by atoms with Crippen molar-refractivity contribution in [3.05, 3.63) is 0 Å². The Morgan fingerprint density at radius 1 is 1.45 bits per heavy atom. The summed E-state index contributed by atoms with van der Waals surface area (Å²) in [4.78, 5) is 10.9. The SMILES string of the molecule is CNC(=O)C(C)COC(C)C. The van der Waals surface area contributed by atoms with Crippen LogP contribution in [-0.2, 0) is 9.53 Å². The van der Waals surface area contributed by atoms with Crippen LogP contribution in [0.4, 0.5) is 0 Å². The molecule has 0 aromatic carbocycles. The first-order valence-electron chi connectivity index (χ1n) is 3.91. The van der Waals surface area contributed by atoms with Crippen LogP contribution in [0, 0.1) is 5.92 Å². The van der Waals surface area contributed by atoms with E-state index in [1.807, 2.05) is 20.8 Å². The molecule has 0 aromatic rings. The Balaban J connectivity index is 3.52. The first-order valence-corrected chi connectivity index (χ1v) is 3.91. The van der Waals surface area contributed by atoms with Crippen molar-refractivity contribution in [2.24, 2.45) is 5.92 Å². The van der Waals surface area contributed by atoms with Crippen molar-refractivity contribution in [1.29, 1.82) is 0 Å². The highest BCUT2D eigenvalue weighted by Gasteiger charge is 2.10. The van der Waals surface area contributed by atoms with E-state index in [-0.39, 0.29) is 17.9 Å². The quantitative estimate of drug-likeness (QED) is 0.658. The third-order valence-electron chi connectivity index (χ3n) is 1.37. The zero-order chi connectivity index (χ0) is 8.85. The third kappa shape index (κ3) is 4.79. The van der Waals surface area contributed by atoms with E-state index >= 15 is 0 Å². The van der Waals surface area contributed by atoms with E-state index < -0.39 is 0 Å². The van der Waals surface area contributed by atoms with Gasteiger partial charge in [0.25, 0.3) is 0 Å². The van der Waals surface area contributed by atoms with E-state index in [0.717, 1.165) is 0 Å². The molecule has 0 spiro atoms. The van der Waals surface area contributed by atoms with Gasteiger partial charge in [-0.1, -0.05) is 6.92 Å². The summed E-state index contributed by atoms with van der Waals surface area (Å²) in [6, 6.07) is 0. The molecular formula is C8H17NO2. The summed E-state index contributed by atoms with van der Waals surface area (Å²) in [5.41, 5.74) is 0. The van der Waals surface area contributed by atoms with Gasteiger partial charge in [-0.3, -0.25) is 4.79 Å². The minimum Gasteiger partial charge on any atom is -0.378 e. The van der Waals surface area contributed by atoms with Gasteiger partial charge in [-0.2, -0.15) is 0 Å². The summed E-state index contributed by atoms with van der Waals surface area (Å²) in [5, 5.41) is 2.57. The minimum atomic E-state index is -0.0533. The zero-order valence-electron chi connectivity index (χ0n) is 7.68. The number of carbonyl (C=O) groups excluding carboxylic acids is 1. The monoisotopic (exact) mass is 159 g/mol. The van der Waals surface area contributed by atoms with Crippen LogP contribution in [0.1, 0.15) is 20.8 Å². The second-order valence-corrected chi connectivity index (χ2v) is 2.90. The largest absolute Gasteiger partial charge is 0.378 e. The third-order valence-corrected chi connectivity index (χ3v) is 1.37. The Bertz CT molecular complexity index is 123. The number of hydrogen-bond donors (Lipinski definition) is 1. The van der Waals surface area contributed by atoms with Gasteiger partial charge < -0.3 is 10.1 Å². The Kier molecular flexibility index (Phi) is 4.86. The Morgan fingerprint density at radius 2 is 2.00 bits per heavy atom. The lowest BCUT2D eigenvalue weighted by Gasteiger charge is -2.12. The van der Waals surface area contributed by atoms with Gasteiger partial charge in [0.2, 0.25) is 5.91 Å². The molecule has 0 aliphatic heterocycles. The van der Waals surface area contributed by atoms with Crippen molar-refractivity contribution >= 4 is 5.91 Å². The Labute approximate surface area is 68.1 Å². The van der Waals surface area contributed by atoms with E-state index in [1.54, 1.807) is 7.05 Å². The van der Waals surface area contributed by atoms with E-state index in [2.05, 4.69) is 5.32 Å². The molecule has 1 unspecified atom stereocenters. The predicted octanol–water partition coefficient (Wildman–Crippen LogP) is 0.793. The van der Waals surface area contributed by atoms with Crippen LogP contribution in [0.25, 0.3) is 0 Å². The molecule has 0 radical (unpaired) electrons. The maximum absolute atomic E-state index is 10.9. The lowest BCUT2D eigenvalue weighted by molar-refractivity contribution is -0.126. The first kappa shape index (κ1) is 10.4. The fourth-order valence-electron chi connectivity index (χ4n) is 0.659. The van der Waals surface area contributed by atoms with Crippen LogP contribution in [0.5, 0.6) is 0 Å². The fourth-order valence-corrected chi connectivity index (χ4v) is 0.659. The van der Waals surface area contributed by atoms with Gasteiger partial charge in [-0.25, -0.2) is 0 Å². The average Bonchev–Trinajstić information content (AvgIpc) is 1.98. The molecule has 0 bridgehead atoms. The van der Waals surface area contributed by atoms with E-state index in [1.165, 1.54) is 0 Å². The van der Waals surface area contributed by atoms with Gasteiger partial charge in [-0.15, -0.1) is 0 Å². The average molecular weight is 159 g/mol. The van der Waals surface area contributed by atoms with Gasteiger partial charge in [0, 0.05) is 7.05 Å². The standard InChI is InChI=1S/C8H17NO2/c1-6(2)11-5-7(3)8(10)9-4/h6-7H,5H2,1-4H3,(H,9,10). The van der Waals surface area contributed by atoms with E-state index in [9.17, 15) is 4.79 Å². The highest BCUT2D eigenvalue weighted by molar-refractivity contribution is 5.77. The molecule has 11 heavy (non-hydrogen) atoms. The molecule has 1 atom stereocenters. The van der Waals surface area contributed by atoms with Gasteiger partial charge >= 0.3 is 0 Å². The maximum Gasteiger partial charge on any atom is 0.224 e. The van der Waals surface area contributed by atoms with E-state index in [0.29, 0.717) is 6.61 Å². The second kappa shape index (κ2) is 5.13. The number of hydrogen-bond acceptors (Lipinski definition) is 2. The molecule has 1 N–H and O–H groups in total. The van der Waals surface area contributed by atoms with Crippen molar-refractivity contribution in [3.63, 3.8) is 0 Å². The number of amides is 1. The maximum atomic E-state index is 10.9. The lowest BCUT2D eigenvalue weighted by Crippen LogP contribution is -2.29. The summed E-state index contributed by atoms with van der Waals surface area (Å²) in [6.45, 7) is 6.26. The molecule has 0 fully saturated rings. The summed E-state index contributed by atoms with van der Waals surface area (Å²) >= 11 is 0. The Morgan fingerprint density at radius 3 is 2.36 bits per heavy atom. The molecular weight excluding hydrogens is 142 g/mol. The first-order chi connectivity index (χ1) is 5.07. The van der Waals surface area contributed by atoms with Crippen LogP contribution in [0.3, 0.4) is 0 Å². The molecule has 0 saturated carbocycles. The second-order valence-electron chi connectivity index (χ2n) is 2.90. The topological polar surface area (TPSA) is 38.3 Å². The van der Waals surface area contributed by atoms with Crippen LogP contribution < -0.4 is 5.32 Å². The van der Waals surface area contributed by atoms with Crippen molar-refractivity contribution < 1.29 is 9.53 Å². The van der Waals surface area contributed by atoms with Crippen molar-refractivity contribution in [1.82, 2.24) is 5.32 Å². The highest BCUT2D eigenvalue weighted by Crippen LogP contribution is 1.98. The molecule has 0 aliphatic carbocycles. The zero-order valence-corrected chi connectivity index (χ0v) is 7.68. The van der Waals surface area contributed by atoms with Crippen LogP contribution in [0.2, 0.25) is 0 Å². The van der Waals surface area contributed by atoms with Crippen LogP contribution in [-0.4, -0.2) is 25.7 Å². The normalized spacial score (nSPS) is 13.2. The van der Waals surface area contributed by atoms with Gasteiger partial charge in [-0.05, 0) is 13.8 Å². The number of rotatable bonds is 4. The van der Waals surface area contributed by atoms with Crippen molar-refractivity contribution in [3.8, 4) is 0 Å².